The highest BCUT2D eigenvalue weighted by Gasteiger charge is 2.02. The minimum Gasteiger partial charge on any atom is -0.480 e. The maximum Gasteiger partial charge on any atom is 0.322 e. The van der Waals surface area contributed by atoms with E-state index in [1.54, 1.807) is 0 Å². The van der Waals surface area contributed by atoms with Crippen molar-refractivity contribution >= 4 is 11.9 Å². The third-order valence-electron chi connectivity index (χ3n) is 3.00. The third kappa shape index (κ3) is 14.8. The first-order chi connectivity index (χ1) is 9.16. The maximum atomic E-state index is 11.2. The maximum absolute atomic E-state index is 11.2. The van der Waals surface area contributed by atoms with E-state index in [9.17, 15) is 9.59 Å². The first-order valence-corrected chi connectivity index (χ1v) is 7.26. The van der Waals surface area contributed by atoms with Crippen LogP contribution in [-0.4, -0.2) is 35.2 Å². The number of hydrogen-bond donors (Lipinski definition) is 3. The number of aliphatic hydroxyl groups excluding tert-OH is 1. The quantitative estimate of drug-likeness (QED) is 0.448. The standard InChI is InChI=1S/C14H27NO4/c16-11-9-7-5-3-1-2-4-6-8-10-13(17)15-12-14(18)19/h16H,1-12H2,(H,15,17)(H,18,19). The number of hydrogen-bond acceptors (Lipinski definition) is 3. The molecule has 0 spiro atoms. The summed E-state index contributed by atoms with van der Waals surface area (Å²) in [6, 6.07) is 0. The van der Waals surface area contributed by atoms with E-state index >= 15 is 0 Å². The highest BCUT2D eigenvalue weighted by Crippen LogP contribution is 2.10. The van der Waals surface area contributed by atoms with Crippen molar-refractivity contribution in [3.8, 4) is 0 Å². The summed E-state index contributed by atoms with van der Waals surface area (Å²) in [4.78, 5) is 21.4. The van der Waals surface area contributed by atoms with Crippen LogP contribution in [0.2, 0.25) is 0 Å². The van der Waals surface area contributed by atoms with Gasteiger partial charge in [0.15, 0.2) is 0 Å². The molecule has 5 heteroatoms. The molecule has 0 radical (unpaired) electrons. The number of rotatable bonds is 13. The average molecular weight is 273 g/mol. The zero-order valence-electron chi connectivity index (χ0n) is 11.7. The molecule has 0 fully saturated rings. The zero-order chi connectivity index (χ0) is 14.3. The van der Waals surface area contributed by atoms with Gasteiger partial charge in [-0.3, -0.25) is 9.59 Å². The molecule has 0 aromatic heterocycles. The highest BCUT2D eigenvalue weighted by atomic mass is 16.4. The summed E-state index contributed by atoms with van der Waals surface area (Å²) in [5.74, 6) is -1.18. The molecular weight excluding hydrogens is 246 g/mol. The van der Waals surface area contributed by atoms with Gasteiger partial charge in [-0.15, -0.1) is 0 Å². The Morgan fingerprint density at radius 2 is 1.26 bits per heavy atom. The van der Waals surface area contributed by atoms with E-state index in [0.29, 0.717) is 13.0 Å². The van der Waals surface area contributed by atoms with Crippen LogP contribution in [0.1, 0.15) is 64.2 Å². The van der Waals surface area contributed by atoms with Gasteiger partial charge in [-0.2, -0.15) is 0 Å². The Bertz CT molecular complexity index is 244. The number of carbonyl (C=O) groups is 2. The number of nitrogens with one attached hydrogen (secondary N) is 1. The topological polar surface area (TPSA) is 86.6 Å². The van der Waals surface area contributed by atoms with Crippen molar-refractivity contribution in [1.29, 1.82) is 0 Å². The Labute approximate surface area is 115 Å². The van der Waals surface area contributed by atoms with Crippen molar-refractivity contribution in [3.05, 3.63) is 0 Å². The fraction of sp³-hybridized carbons (Fsp3) is 0.857. The zero-order valence-corrected chi connectivity index (χ0v) is 11.7. The number of carboxylic acid groups (broad SMARTS) is 1. The molecule has 0 atom stereocenters. The molecule has 3 N–H and O–H groups in total. The predicted molar refractivity (Wildman–Crippen MR) is 73.9 cm³/mol. The Kier molecular flexibility index (Phi) is 12.6. The van der Waals surface area contributed by atoms with Crippen LogP contribution in [0, 0.1) is 0 Å². The molecular formula is C14H27NO4. The second kappa shape index (κ2) is 13.3. The van der Waals surface area contributed by atoms with Gasteiger partial charge < -0.3 is 15.5 Å². The first-order valence-electron chi connectivity index (χ1n) is 7.26. The molecule has 1 amide bonds. The van der Waals surface area contributed by atoms with Crippen LogP contribution in [0.3, 0.4) is 0 Å². The molecule has 0 aliphatic carbocycles. The lowest BCUT2D eigenvalue weighted by Crippen LogP contribution is -2.28. The van der Waals surface area contributed by atoms with Gasteiger partial charge in [0.1, 0.15) is 6.54 Å². The molecule has 0 aliphatic heterocycles. The average Bonchev–Trinajstić information content (AvgIpc) is 2.38. The predicted octanol–water partition coefficient (Wildman–Crippen LogP) is 2.08. The van der Waals surface area contributed by atoms with Crippen LogP contribution in [0.15, 0.2) is 0 Å². The van der Waals surface area contributed by atoms with E-state index in [0.717, 1.165) is 32.1 Å². The Hall–Kier alpha value is -1.10. The summed E-state index contributed by atoms with van der Waals surface area (Å²) < 4.78 is 0. The second-order valence-corrected chi connectivity index (χ2v) is 4.83. The van der Waals surface area contributed by atoms with Gasteiger partial charge in [0.2, 0.25) is 5.91 Å². The number of amides is 1. The van der Waals surface area contributed by atoms with Gasteiger partial charge in [0.25, 0.3) is 0 Å². The second-order valence-electron chi connectivity index (χ2n) is 4.83. The summed E-state index contributed by atoms with van der Waals surface area (Å²) >= 11 is 0. The van der Waals surface area contributed by atoms with Crippen molar-refractivity contribution in [2.24, 2.45) is 0 Å². The molecule has 0 aromatic carbocycles. The molecule has 0 aromatic rings. The number of aliphatic hydroxyl groups is 1. The van der Waals surface area contributed by atoms with E-state index < -0.39 is 5.97 Å². The molecule has 0 heterocycles. The minimum absolute atomic E-state index is 0.175. The molecule has 0 saturated heterocycles. The van der Waals surface area contributed by atoms with Gasteiger partial charge in [-0.25, -0.2) is 0 Å². The van der Waals surface area contributed by atoms with Gasteiger partial charge >= 0.3 is 5.97 Å². The van der Waals surface area contributed by atoms with Crippen molar-refractivity contribution < 1.29 is 19.8 Å². The lowest BCUT2D eigenvalue weighted by Gasteiger charge is -2.03. The summed E-state index contributed by atoms with van der Waals surface area (Å²) in [5.41, 5.74) is 0. The largest absolute Gasteiger partial charge is 0.480 e. The minimum atomic E-state index is -1.01. The normalized spacial score (nSPS) is 10.4. The van der Waals surface area contributed by atoms with Crippen LogP contribution in [0.5, 0.6) is 0 Å². The Morgan fingerprint density at radius 3 is 1.74 bits per heavy atom. The van der Waals surface area contributed by atoms with E-state index in [1.165, 1.54) is 25.7 Å². The lowest BCUT2D eigenvalue weighted by atomic mass is 10.1. The van der Waals surface area contributed by atoms with E-state index in [-0.39, 0.29) is 12.5 Å². The van der Waals surface area contributed by atoms with Crippen LogP contribution in [0.25, 0.3) is 0 Å². The van der Waals surface area contributed by atoms with E-state index in [4.69, 9.17) is 10.2 Å². The van der Waals surface area contributed by atoms with Crippen molar-refractivity contribution in [3.63, 3.8) is 0 Å². The lowest BCUT2D eigenvalue weighted by molar-refractivity contribution is -0.137. The van der Waals surface area contributed by atoms with Crippen LogP contribution >= 0.6 is 0 Å². The summed E-state index contributed by atoms with van der Waals surface area (Å²) in [5, 5.41) is 19.3. The van der Waals surface area contributed by atoms with Crippen LogP contribution in [-0.2, 0) is 9.59 Å². The molecule has 0 aliphatic rings. The van der Waals surface area contributed by atoms with E-state index in [1.807, 2.05) is 0 Å². The van der Waals surface area contributed by atoms with Crippen LogP contribution < -0.4 is 5.32 Å². The molecule has 0 unspecified atom stereocenters. The molecule has 19 heavy (non-hydrogen) atoms. The van der Waals surface area contributed by atoms with Gasteiger partial charge in [0.05, 0.1) is 0 Å². The third-order valence-corrected chi connectivity index (χ3v) is 3.00. The molecule has 5 nitrogen and oxygen atoms in total. The number of aliphatic carboxylic acids is 1. The first kappa shape index (κ1) is 17.9. The highest BCUT2D eigenvalue weighted by molar-refractivity contribution is 5.80. The number of carbonyl (C=O) groups excluding carboxylic acids is 1. The molecule has 0 rings (SSSR count). The van der Waals surface area contributed by atoms with Gasteiger partial charge in [-0.1, -0.05) is 44.9 Å². The smallest absolute Gasteiger partial charge is 0.322 e. The SMILES string of the molecule is O=C(O)CNC(=O)CCCCCCCCCCCO. The van der Waals surface area contributed by atoms with Gasteiger partial charge in [0, 0.05) is 13.0 Å². The Morgan fingerprint density at radius 1 is 0.789 bits per heavy atom. The molecule has 0 saturated carbocycles. The molecule has 0 bridgehead atoms. The monoisotopic (exact) mass is 273 g/mol. The number of carboxylic acids is 1. The van der Waals surface area contributed by atoms with Crippen molar-refractivity contribution in [2.45, 2.75) is 64.2 Å². The summed E-state index contributed by atoms with van der Waals surface area (Å²) in [7, 11) is 0. The Balaban J connectivity index is 3.13. The van der Waals surface area contributed by atoms with Crippen molar-refractivity contribution in [2.75, 3.05) is 13.2 Å². The molecule has 112 valence electrons. The fourth-order valence-corrected chi connectivity index (χ4v) is 1.90. The van der Waals surface area contributed by atoms with Crippen molar-refractivity contribution in [1.82, 2.24) is 5.32 Å². The summed E-state index contributed by atoms with van der Waals surface area (Å²) in [6.07, 6.45) is 10.2. The number of unbranched alkanes of at least 4 members (excludes halogenated alkanes) is 8. The van der Waals surface area contributed by atoms with Gasteiger partial charge in [-0.05, 0) is 12.8 Å². The fourth-order valence-electron chi connectivity index (χ4n) is 1.90. The van der Waals surface area contributed by atoms with Crippen LogP contribution in [0.4, 0.5) is 0 Å². The summed E-state index contributed by atoms with van der Waals surface area (Å²) in [6.45, 7) is 0.0105. The van der Waals surface area contributed by atoms with E-state index in [2.05, 4.69) is 5.32 Å².